The summed E-state index contributed by atoms with van der Waals surface area (Å²) in [7, 11) is 0. The quantitative estimate of drug-likeness (QED) is 0.620. The van der Waals surface area contributed by atoms with Crippen molar-refractivity contribution in [1.29, 1.82) is 0 Å². The van der Waals surface area contributed by atoms with E-state index >= 15 is 0 Å². The molecule has 17 heavy (non-hydrogen) atoms. The minimum atomic E-state index is -0.226. The van der Waals surface area contributed by atoms with Crippen LogP contribution in [0.5, 0.6) is 5.75 Å². The molecule has 1 aromatic rings. The topological polar surface area (TPSA) is 82.5 Å². The maximum Gasteiger partial charge on any atom is 0.252 e. The van der Waals surface area contributed by atoms with Crippen molar-refractivity contribution in [2.24, 2.45) is 0 Å². The Labute approximate surface area is 101 Å². The lowest BCUT2D eigenvalue weighted by Crippen LogP contribution is -2.24. The van der Waals surface area contributed by atoms with Gasteiger partial charge in [-0.2, -0.15) is 0 Å². The summed E-state index contributed by atoms with van der Waals surface area (Å²) in [5, 5.41) is 20.5. The third-order valence-electron chi connectivity index (χ3n) is 2.36. The summed E-state index contributed by atoms with van der Waals surface area (Å²) in [4.78, 5) is 15.3. The van der Waals surface area contributed by atoms with Crippen molar-refractivity contribution in [3.8, 4) is 5.75 Å². The molecule has 1 rings (SSSR count). The molecule has 1 aromatic heterocycles. The van der Waals surface area contributed by atoms with Gasteiger partial charge in [-0.3, -0.25) is 9.78 Å². The van der Waals surface area contributed by atoms with Crippen LogP contribution in [0.1, 0.15) is 36.0 Å². The molecule has 0 bridgehead atoms. The van der Waals surface area contributed by atoms with Crippen molar-refractivity contribution >= 4 is 5.91 Å². The number of aliphatic hydroxyl groups is 1. The number of pyridine rings is 1. The molecule has 5 nitrogen and oxygen atoms in total. The zero-order chi connectivity index (χ0) is 12.5. The fourth-order valence-electron chi connectivity index (χ4n) is 1.45. The van der Waals surface area contributed by atoms with Gasteiger partial charge in [0.05, 0.1) is 11.8 Å². The minimum absolute atomic E-state index is 0.0133. The highest BCUT2D eigenvalue weighted by Crippen LogP contribution is 2.08. The molecule has 0 aliphatic rings. The van der Waals surface area contributed by atoms with Crippen LogP contribution in [-0.4, -0.2) is 34.3 Å². The Morgan fingerprint density at radius 3 is 2.71 bits per heavy atom. The van der Waals surface area contributed by atoms with Crippen molar-refractivity contribution < 1.29 is 15.0 Å². The molecule has 0 radical (unpaired) electrons. The molecule has 0 saturated carbocycles. The van der Waals surface area contributed by atoms with Gasteiger partial charge >= 0.3 is 0 Å². The highest BCUT2D eigenvalue weighted by atomic mass is 16.3. The van der Waals surface area contributed by atoms with Crippen molar-refractivity contribution in [2.45, 2.75) is 25.7 Å². The predicted octanol–water partition coefficient (Wildman–Crippen LogP) is 1.07. The normalized spacial score (nSPS) is 10.2. The molecule has 0 aliphatic carbocycles. The number of aliphatic hydroxyl groups excluding tert-OH is 1. The summed E-state index contributed by atoms with van der Waals surface area (Å²) < 4.78 is 0. The second-order valence-corrected chi connectivity index (χ2v) is 3.83. The van der Waals surface area contributed by atoms with Gasteiger partial charge in [0.1, 0.15) is 5.75 Å². The van der Waals surface area contributed by atoms with Gasteiger partial charge in [-0.25, -0.2) is 0 Å². The van der Waals surface area contributed by atoms with Crippen LogP contribution in [0.2, 0.25) is 0 Å². The highest BCUT2D eigenvalue weighted by Gasteiger charge is 2.05. The first-order valence-corrected chi connectivity index (χ1v) is 5.77. The van der Waals surface area contributed by atoms with Gasteiger partial charge in [0.25, 0.3) is 5.91 Å². The van der Waals surface area contributed by atoms with Crippen molar-refractivity contribution in [2.75, 3.05) is 13.2 Å². The number of rotatable bonds is 7. The van der Waals surface area contributed by atoms with Gasteiger partial charge in [-0.05, 0) is 18.9 Å². The number of amides is 1. The molecule has 3 N–H and O–H groups in total. The van der Waals surface area contributed by atoms with Crippen LogP contribution < -0.4 is 5.32 Å². The molecule has 0 spiro atoms. The Morgan fingerprint density at radius 1 is 1.24 bits per heavy atom. The van der Waals surface area contributed by atoms with E-state index in [1.807, 2.05) is 0 Å². The summed E-state index contributed by atoms with van der Waals surface area (Å²) >= 11 is 0. The second kappa shape index (κ2) is 7.62. The number of nitrogens with one attached hydrogen (secondary N) is 1. The summed E-state index contributed by atoms with van der Waals surface area (Å²) in [5.74, 6) is -0.240. The van der Waals surface area contributed by atoms with Crippen molar-refractivity contribution in [3.05, 3.63) is 24.0 Å². The van der Waals surface area contributed by atoms with Gasteiger partial charge in [0, 0.05) is 19.3 Å². The highest BCUT2D eigenvalue weighted by molar-refractivity contribution is 5.94. The number of aromatic nitrogens is 1. The largest absolute Gasteiger partial charge is 0.506 e. The van der Waals surface area contributed by atoms with Gasteiger partial charge in [0.2, 0.25) is 0 Å². The zero-order valence-electron chi connectivity index (χ0n) is 9.72. The summed E-state index contributed by atoms with van der Waals surface area (Å²) in [6, 6.07) is 1.38. The zero-order valence-corrected chi connectivity index (χ0v) is 9.72. The lowest BCUT2D eigenvalue weighted by molar-refractivity contribution is 0.0952. The van der Waals surface area contributed by atoms with E-state index in [1.165, 1.54) is 18.5 Å². The lowest BCUT2D eigenvalue weighted by Gasteiger charge is -2.04. The molecule has 1 heterocycles. The average Bonchev–Trinajstić information content (AvgIpc) is 2.33. The Balaban J connectivity index is 2.21. The van der Waals surface area contributed by atoms with Crippen molar-refractivity contribution in [1.82, 2.24) is 10.3 Å². The van der Waals surface area contributed by atoms with E-state index in [1.54, 1.807) is 0 Å². The first-order valence-electron chi connectivity index (χ1n) is 5.77. The van der Waals surface area contributed by atoms with Crippen LogP contribution in [0.25, 0.3) is 0 Å². The van der Waals surface area contributed by atoms with E-state index in [-0.39, 0.29) is 18.3 Å². The van der Waals surface area contributed by atoms with Crippen LogP contribution in [0.3, 0.4) is 0 Å². The van der Waals surface area contributed by atoms with Gasteiger partial charge in [-0.1, -0.05) is 12.8 Å². The summed E-state index contributed by atoms with van der Waals surface area (Å²) in [6.07, 6.45) is 6.36. The number of hydrogen-bond donors (Lipinski definition) is 3. The number of carbonyl (C=O) groups excluding carboxylic acids is 1. The minimum Gasteiger partial charge on any atom is -0.506 e. The van der Waals surface area contributed by atoms with E-state index in [2.05, 4.69) is 10.3 Å². The van der Waals surface area contributed by atoms with Crippen LogP contribution in [-0.2, 0) is 0 Å². The first-order chi connectivity index (χ1) is 8.24. The number of unbranched alkanes of at least 4 members (excludes halogenated alkanes) is 3. The van der Waals surface area contributed by atoms with E-state index in [0.717, 1.165) is 25.7 Å². The number of aromatic hydroxyl groups is 1. The molecule has 0 unspecified atom stereocenters. The molecule has 1 amide bonds. The molecule has 0 atom stereocenters. The predicted molar refractivity (Wildman–Crippen MR) is 63.8 cm³/mol. The Bertz CT molecular complexity index is 355. The van der Waals surface area contributed by atoms with Crippen molar-refractivity contribution in [3.63, 3.8) is 0 Å². The van der Waals surface area contributed by atoms with E-state index in [4.69, 9.17) is 10.2 Å². The first kappa shape index (κ1) is 13.4. The molecule has 5 heteroatoms. The second-order valence-electron chi connectivity index (χ2n) is 3.83. The van der Waals surface area contributed by atoms with E-state index < -0.39 is 0 Å². The SMILES string of the molecule is O=C(NCCCCCCO)c1cncc(O)c1. The molecular weight excluding hydrogens is 220 g/mol. The van der Waals surface area contributed by atoms with Gasteiger partial charge in [-0.15, -0.1) is 0 Å². The Kier molecular flexibility index (Phi) is 6.03. The molecule has 0 aliphatic heterocycles. The monoisotopic (exact) mass is 238 g/mol. The molecule has 0 fully saturated rings. The average molecular weight is 238 g/mol. The number of carbonyl (C=O) groups is 1. The molecule has 0 aromatic carbocycles. The maximum atomic E-state index is 11.6. The fraction of sp³-hybridized carbons (Fsp3) is 0.500. The van der Waals surface area contributed by atoms with Gasteiger partial charge in [0.15, 0.2) is 0 Å². The lowest BCUT2D eigenvalue weighted by atomic mass is 10.2. The Hall–Kier alpha value is -1.62. The third kappa shape index (κ3) is 5.31. The smallest absolute Gasteiger partial charge is 0.252 e. The molecule has 0 saturated heterocycles. The van der Waals surface area contributed by atoms with E-state index in [9.17, 15) is 4.79 Å². The standard InChI is InChI=1S/C12H18N2O3/c15-6-4-2-1-3-5-14-12(17)10-7-11(16)9-13-8-10/h7-9,15-16H,1-6H2,(H,14,17). The number of nitrogens with zero attached hydrogens (tertiary/aromatic N) is 1. The summed E-state index contributed by atoms with van der Waals surface area (Å²) in [6.45, 7) is 0.821. The number of hydrogen-bond acceptors (Lipinski definition) is 4. The van der Waals surface area contributed by atoms with Crippen LogP contribution >= 0.6 is 0 Å². The fourth-order valence-corrected chi connectivity index (χ4v) is 1.45. The van der Waals surface area contributed by atoms with Crippen LogP contribution in [0.4, 0.5) is 0 Å². The maximum absolute atomic E-state index is 11.6. The molecule has 94 valence electrons. The molecular formula is C12H18N2O3. The van der Waals surface area contributed by atoms with E-state index in [0.29, 0.717) is 12.1 Å². The summed E-state index contributed by atoms with van der Waals surface area (Å²) in [5.41, 5.74) is 0.361. The van der Waals surface area contributed by atoms with Crippen LogP contribution in [0.15, 0.2) is 18.5 Å². The van der Waals surface area contributed by atoms with Crippen LogP contribution in [0, 0.1) is 0 Å². The third-order valence-corrected chi connectivity index (χ3v) is 2.36. The Morgan fingerprint density at radius 2 is 2.00 bits per heavy atom. The van der Waals surface area contributed by atoms with Gasteiger partial charge < -0.3 is 15.5 Å².